The Morgan fingerprint density at radius 1 is 0.667 bits per heavy atom. The SMILES string of the molecule is C1CCOC1.CCOC(=O)c1c(CO)n(CCC(C)C)c2ccccc12.CCOC(=O)c1c(Cn2c(=O)n(C3CC3)c3ccncc32)n(CCC(C)C)c2ccccc12.O=c1[nH]c2cnccc2n1C1CC1. The molecule has 0 unspecified atom stereocenters. The lowest BCUT2D eigenvalue weighted by molar-refractivity contribution is 0.0516. The number of H-pyrrole nitrogens is 1. The van der Waals surface area contributed by atoms with Crippen LogP contribution < -0.4 is 11.4 Å². The van der Waals surface area contributed by atoms with Gasteiger partial charge in [-0.25, -0.2) is 19.2 Å². The molecule has 1 aliphatic heterocycles. The van der Waals surface area contributed by atoms with Crippen molar-refractivity contribution in [3.05, 3.63) is 129 Å². The van der Waals surface area contributed by atoms with Crippen LogP contribution >= 0.6 is 0 Å². The minimum Gasteiger partial charge on any atom is -0.462 e. The molecule has 2 saturated carbocycles. The molecular weight excluding hydrogens is 913 g/mol. The third-order valence-electron chi connectivity index (χ3n) is 13.4. The Bertz CT molecular complexity index is 3240. The first-order valence-electron chi connectivity index (χ1n) is 25.8. The van der Waals surface area contributed by atoms with Gasteiger partial charge in [0.05, 0.1) is 83.3 Å². The minimum absolute atomic E-state index is 0.00880. The molecule has 16 heteroatoms. The van der Waals surface area contributed by atoms with Crippen LogP contribution in [0.4, 0.5) is 0 Å². The van der Waals surface area contributed by atoms with E-state index in [0.717, 1.165) is 114 Å². The second-order valence-electron chi connectivity index (χ2n) is 19.5. The largest absolute Gasteiger partial charge is 0.462 e. The fraction of sp³-hybridized carbons (Fsp3) is 0.464. The second kappa shape index (κ2) is 23.6. The number of rotatable bonds is 15. The summed E-state index contributed by atoms with van der Waals surface area (Å²) in [5.41, 5.74) is 7.94. The van der Waals surface area contributed by atoms with Crippen LogP contribution in [-0.4, -0.2) is 81.3 Å². The molecule has 0 amide bonds. The number of aromatic amines is 1. The van der Waals surface area contributed by atoms with Gasteiger partial charge < -0.3 is 33.4 Å². The summed E-state index contributed by atoms with van der Waals surface area (Å²) in [5, 5.41) is 11.5. The summed E-state index contributed by atoms with van der Waals surface area (Å²) in [6, 6.07) is 20.1. The Balaban J connectivity index is 0.000000150. The predicted molar refractivity (Wildman–Crippen MR) is 281 cm³/mol. The number of ether oxygens (including phenoxy) is 3. The number of aliphatic hydroxyl groups is 1. The van der Waals surface area contributed by atoms with Crippen molar-refractivity contribution in [2.45, 2.75) is 131 Å². The number of imidazole rings is 2. The van der Waals surface area contributed by atoms with E-state index in [0.29, 0.717) is 54.5 Å². The Morgan fingerprint density at radius 3 is 1.69 bits per heavy atom. The fourth-order valence-electron chi connectivity index (χ4n) is 9.49. The van der Waals surface area contributed by atoms with Gasteiger partial charge in [-0.05, 0) is 101 Å². The van der Waals surface area contributed by atoms with Crippen molar-refractivity contribution >= 4 is 55.8 Å². The summed E-state index contributed by atoms with van der Waals surface area (Å²) in [4.78, 5) is 61.5. The standard InChI is InChI=1S/C26H30N4O3.C17H23NO3.C9H9N3O.C4H8O/c1-4-33-25(31)24-19-7-5-6-8-20(19)28(14-12-17(2)3)23(24)16-29-22-15-27-13-11-21(22)30(26(29)32)18-9-10-18;1-4-21-17(20)16-13-7-5-6-8-14(13)18(15(16)11-19)10-9-12(2)3;13-9-11-7-5-10-4-3-8(7)12(9)6-1-2-6;1-2-4-5-3-1/h5-8,11,13,15,17-18H,4,9-10,12,14,16H2,1-3H3;5-8,12,19H,4,9-11H2,1-3H3;3-6H,1-2H2,(H,11,13);1-4H2. The van der Waals surface area contributed by atoms with E-state index < -0.39 is 0 Å². The molecule has 0 radical (unpaired) electrons. The van der Waals surface area contributed by atoms with E-state index in [-0.39, 0.29) is 36.0 Å². The number of para-hydroxylation sites is 2. The van der Waals surface area contributed by atoms with Gasteiger partial charge in [0.15, 0.2) is 0 Å². The van der Waals surface area contributed by atoms with Crippen molar-refractivity contribution in [1.82, 2.24) is 37.8 Å². The molecule has 16 nitrogen and oxygen atoms in total. The molecule has 3 fully saturated rings. The first-order chi connectivity index (χ1) is 35.0. The monoisotopic (exact) mass is 983 g/mol. The predicted octanol–water partition coefficient (Wildman–Crippen LogP) is 9.97. The Morgan fingerprint density at radius 2 is 1.18 bits per heavy atom. The lowest BCUT2D eigenvalue weighted by atomic mass is 10.1. The van der Waals surface area contributed by atoms with Gasteiger partial charge in [-0.2, -0.15) is 0 Å². The van der Waals surface area contributed by atoms with Crippen LogP contribution in [0.5, 0.6) is 0 Å². The zero-order chi connectivity index (χ0) is 50.9. The Kier molecular flexibility index (Phi) is 16.9. The normalized spacial score (nSPS) is 14.3. The van der Waals surface area contributed by atoms with E-state index in [1.54, 1.807) is 36.3 Å². The van der Waals surface area contributed by atoms with Crippen LogP contribution in [0.1, 0.15) is 137 Å². The molecule has 72 heavy (non-hydrogen) atoms. The highest BCUT2D eigenvalue weighted by Crippen LogP contribution is 2.37. The molecule has 6 aromatic heterocycles. The maximum Gasteiger partial charge on any atom is 0.340 e. The number of aryl methyl sites for hydroxylation is 2. The van der Waals surface area contributed by atoms with Gasteiger partial charge in [-0.15, -0.1) is 0 Å². The number of hydrogen-bond donors (Lipinski definition) is 2. The third kappa shape index (κ3) is 11.4. The number of aromatic nitrogens is 8. The van der Waals surface area contributed by atoms with Gasteiger partial charge >= 0.3 is 23.3 Å². The molecule has 2 aliphatic carbocycles. The number of hydrogen-bond acceptors (Lipinski definition) is 10. The number of fused-ring (bicyclic) bond motifs is 4. The summed E-state index contributed by atoms with van der Waals surface area (Å²) in [7, 11) is 0. The van der Waals surface area contributed by atoms with Crippen molar-refractivity contribution in [3.63, 3.8) is 0 Å². The summed E-state index contributed by atoms with van der Waals surface area (Å²) < 4.78 is 25.3. The van der Waals surface area contributed by atoms with Gasteiger partial charge in [0.25, 0.3) is 0 Å². The smallest absolute Gasteiger partial charge is 0.340 e. The number of nitrogens with zero attached hydrogens (tertiary/aromatic N) is 7. The van der Waals surface area contributed by atoms with E-state index in [2.05, 4.69) is 47.2 Å². The summed E-state index contributed by atoms with van der Waals surface area (Å²) >= 11 is 0. The topological polar surface area (TPSA) is 182 Å². The maximum atomic E-state index is 13.5. The van der Waals surface area contributed by atoms with Crippen LogP contribution in [-0.2, 0) is 40.5 Å². The highest BCUT2D eigenvalue weighted by atomic mass is 16.5. The number of aliphatic hydroxyl groups excluding tert-OH is 1. The molecule has 8 aromatic rings. The van der Waals surface area contributed by atoms with Crippen LogP contribution in [0.15, 0.2) is 95.0 Å². The third-order valence-corrected chi connectivity index (χ3v) is 13.4. The molecule has 1 saturated heterocycles. The molecule has 0 atom stereocenters. The van der Waals surface area contributed by atoms with E-state index in [4.69, 9.17) is 14.2 Å². The van der Waals surface area contributed by atoms with Gasteiger partial charge in [0, 0.05) is 72.6 Å². The van der Waals surface area contributed by atoms with Gasteiger partial charge in [-0.1, -0.05) is 64.1 Å². The number of benzene rings is 2. The first kappa shape index (κ1) is 51.6. The number of esters is 2. The van der Waals surface area contributed by atoms with Gasteiger partial charge in [0.1, 0.15) is 0 Å². The molecule has 2 aromatic carbocycles. The lowest BCUT2D eigenvalue weighted by Crippen LogP contribution is -2.26. The fourth-order valence-corrected chi connectivity index (χ4v) is 9.49. The van der Waals surface area contributed by atoms with Crippen LogP contribution in [0.3, 0.4) is 0 Å². The van der Waals surface area contributed by atoms with Crippen molar-refractivity contribution in [1.29, 1.82) is 0 Å². The quantitative estimate of drug-likeness (QED) is 0.0938. The van der Waals surface area contributed by atoms with Crippen molar-refractivity contribution in [2.24, 2.45) is 11.8 Å². The van der Waals surface area contributed by atoms with Crippen molar-refractivity contribution < 1.29 is 28.9 Å². The molecule has 7 heterocycles. The summed E-state index contributed by atoms with van der Waals surface area (Å²) in [5.74, 6) is 0.364. The van der Waals surface area contributed by atoms with E-state index >= 15 is 0 Å². The molecule has 2 N–H and O–H groups in total. The summed E-state index contributed by atoms with van der Waals surface area (Å²) in [6.45, 7) is 16.6. The number of nitrogens with one attached hydrogen (secondary N) is 1. The molecule has 11 rings (SSSR count). The molecule has 0 bridgehead atoms. The van der Waals surface area contributed by atoms with E-state index in [9.17, 15) is 24.3 Å². The maximum absolute atomic E-state index is 13.5. The highest BCUT2D eigenvalue weighted by molar-refractivity contribution is 6.07. The first-order valence-corrected chi connectivity index (χ1v) is 25.8. The zero-order valence-electron chi connectivity index (χ0n) is 42.6. The zero-order valence-corrected chi connectivity index (χ0v) is 42.6. The summed E-state index contributed by atoms with van der Waals surface area (Å²) in [6.07, 6.45) is 15.7. The second-order valence-corrected chi connectivity index (χ2v) is 19.5. The average molecular weight is 983 g/mol. The van der Waals surface area contributed by atoms with E-state index in [1.807, 2.05) is 81.3 Å². The lowest BCUT2D eigenvalue weighted by Gasteiger charge is -2.14. The van der Waals surface area contributed by atoms with Crippen molar-refractivity contribution in [3.8, 4) is 0 Å². The van der Waals surface area contributed by atoms with Gasteiger partial charge in [0.2, 0.25) is 0 Å². The molecule has 382 valence electrons. The number of carbonyl (C=O) groups excluding carboxylic acids is 2. The van der Waals surface area contributed by atoms with Crippen LogP contribution in [0.25, 0.3) is 43.9 Å². The molecule has 3 aliphatic rings. The minimum atomic E-state index is -0.360. The van der Waals surface area contributed by atoms with Crippen LogP contribution in [0, 0.1) is 11.8 Å². The highest BCUT2D eigenvalue weighted by Gasteiger charge is 2.31. The van der Waals surface area contributed by atoms with Crippen molar-refractivity contribution in [2.75, 3.05) is 26.4 Å². The van der Waals surface area contributed by atoms with Crippen LogP contribution in [0.2, 0.25) is 0 Å². The Hall–Kier alpha value is -6.78. The molecule has 0 spiro atoms. The molecular formula is C56H70N8O8. The Labute approximate surface area is 419 Å². The average Bonchev–Trinajstić information content (AvgIpc) is 4.17. The number of pyridine rings is 2. The number of carbonyl (C=O) groups is 2. The van der Waals surface area contributed by atoms with E-state index in [1.165, 1.54) is 12.8 Å². The van der Waals surface area contributed by atoms with Gasteiger partial charge in [-0.3, -0.25) is 23.7 Å².